The van der Waals surface area contributed by atoms with Gasteiger partial charge in [-0.05, 0) is 44.4 Å². The molecule has 0 saturated heterocycles. The molecule has 0 heterocycles. The van der Waals surface area contributed by atoms with E-state index < -0.39 is 36.7 Å². The Bertz CT molecular complexity index is 516. The number of alkyl halides is 2. The zero-order chi connectivity index (χ0) is 19.8. The number of carbonyl (C=O) groups is 3. The largest absolute Gasteiger partial charge is 0.480 e. The zero-order valence-corrected chi connectivity index (χ0v) is 15.6. The van der Waals surface area contributed by atoms with Gasteiger partial charge in [0.05, 0.1) is 0 Å². The summed E-state index contributed by atoms with van der Waals surface area (Å²) in [5.41, 5.74) is 0. The van der Waals surface area contributed by atoms with Gasteiger partial charge in [0.25, 0.3) is 0 Å². The van der Waals surface area contributed by atoms with E-state index in [1.165, 1.54) is 19.3 Å². The smallest absolute Gasteiger partial charge is 0.326 e. The third-order valence-corrected chi connectivity index (χ3v) is 5.69. The molecular formula is C19H30F2N2O4. The van der Waals surface area contributed by atoms with Gasteiger partial charge < -0.3 is 15.7 Å². The summed E-state index contributed by atoms with van der Waals surface area (Å²) in [5.74, 6) is -1.79. The Morgan fingerprint density at radius 3 is 2.15 bits per heavy atom. The van der Waals surface area contributed by atoms with Crippen molar-refractivity contribution >= 4 is 17.8 Å². The third-order valence-electron chi connectivity index (χ3n) is 5.69. The van der Waals surface area contributed by atoms with E-state index in [1.54, 1.807) is 0 Å². The lowest BCUT2D eigenvalue weighted by molar-refractivity contribution is -0.144. The lowest BCUT2D eigenvalue weighted by Crippen LogP contribution is -2.46. The van der Waals surface area contributed by atoms with Crippen molar-refractivity contribution in [3.05, 3.63) is 0 Å². The molecule has 2 fully saturated rings. The summed E-state index contributed by atoms with van der Waals surface area (Å²) >= 11 is 0. The van der Waals surface area contributed by atoms with Gasteiger partial charge in [-0.25, -0.2) is 13.6 Å². The predicted octanol–water partition coefficient (Wildman–Crippen LogP) is 2.86. The summed E-state index contributed by atoms with van der Waals surface area (Å²) in [7, 11) is 0. The summed E-state index contributed by atoms with van der Waals surface area (Å²) in [6.45, 7) is 0. The number of carboxylic acids is 1. The van der Waals surface area contributed by atoms with E-state index in [0.29, 0.717) is 38.0 Å². The number of nitrogens with one attached hydrogen (secondary N) is 2. The lowest BCUT2D eigenvalue weighted by atomic mass is 9.84. The second kappa shape index (κ2) is 10.6. The Labute approximate surface area is 158 Å². The van der Waals surface area contributed by atoms with Crippen molar-refractivity contribution in [2.24, 2.45) is 11.8 Å². The minimum atomic E-state index is -2.79. The van der Waals surface area contributed by atoms with Crippen LogP contribution in [0, 0.1) is 11.8 Å². The maximum absolute atomic E-state index is 12.4. The molecule has 0 aliphatic heterocycles. The SMILES string of the molecule is O=C(CC1CCCCC1)NC1CCC(C(=O)NC(CC(F)F)C(=O)O)CC1. The summed E-state index contributed by atoms with van der Waals surface area (Å²) in [5, 5.41) is 14.2. The topological polar surface area (TPSA) is 95.5 Å². The van der Waals surface area contributed by atoms with Crippen LogP contribution in [-0.4, -0.2) is 41.4 Å². The minimum Gasteiger partial charge on any atom is -0.480 e. The van der Waals surface area contributed by atoms with Gasteiger partial charge in [0.2, 0.25) is 18.2 Å². The van der Waals surface area contributed by atoms with Crippen LogP contribution in [0.2, 0.25) is 0 Å². The van der Waals surface area contributed by atoms with Crippen LogP contribution in [0.4, 0.5) is 8.78 Å². The first-order valence-electron chi connectivity index (χ1n) is 9.95. The molecule has 1 unspecified atom stereocenters. The Morgan fingerprint density at radius 1 is 0.963 bits per heavy atom. The lowest BCUT2D eigenvalue weighted by Gasteiger charge is -2.30. The summed E-state index contributed by atoms with van der Waals surface area (Å²) in [6, 6.07) is -1.54. The molecule has 27 heavy (non-hydrogen) atoms. The number of carboxylic acid groups (broad SMARTS) is 1. The Balaban J connectivity index is 1.71. The fraction of sp³-hybridized carbons (Fsp3) is 0.842. The van der Waals surface area contributed by atoms with Gasteiger partial charge in [0.15, 0.2) is 0 Å². The maximum atomic E-state index is 12.4. The monoisotopic (exact) mass is 388 g/mol. The van der Waals surface area contributed by atoms with Crippen LogP contribution < -0.4 is 10.6 Å². The van der Waals surface area contributed by atoms with Crippen molar-refractivity contribution in [2.75, 3.05) is 0 Å². The highest BCUT2D eigenvalue weighted by Gasteiger charge is 2.31. The number of hydrogen-bond acceptors (Lipinski definition) is 3. The number of amides is 2. The van der Waals surface area contributed by atoms with Crippen LogP contribution in [0.1, 0.15) is 70.6 Å². The Hall–Kier alpha value is -1.73. The van der Waals surface area contributed by atoms with E-state index in [0.717, 1.165) is 12.8 Å². The van der Waals surface area contributed by atoms with Gasteiger partial charge in [-0.15, -0.1) is 0 Å². The van der Waals surface area contributed by atoms with E-state index in [1.807, 2.05) is 0 Å². The Kier molecular flexibility index (Phi) is 8.44. The molecule has 3 N–H and O–H groups in total. The first kappa shape index (κ1) is 21.6. The van der Waals surface area contributed by atoms with Gasteiger partial charge >= 0.3 is 5.97 Å². The molecule has 0 spiro atoms. The van der Waals surface area contributed by atoms with Crippen molar-refractivity contribution in [3.8, 4) is 0 Å². The number of carbonyl (C=O) groups excluding carboxylic acids is 2. The second-order valence-corrected chi connectivity index (χ2v) is 7.85. The Morgan fingerprint density at radius 2 is 1.59 bits per heavy atom. The van der Waals surface area contributed by atoms with Crippen molar-refractivity contribution in [1.82, 2.24) is 10.6 Å². The fourth-order valence-corrected chi connectivity index (χ4v) is 4.13. The zero-order valence-electron chi connectivity index (χ0n) is 15.6. The van der Waals surface area contributed by atoms with Crippen molar-refractivity contribution in [1.29, 1.82) is 0 Å². The molecule has 154 valence electrons. The third kappa shape index (κ3) is 7.42. The number of hydrogen-bond donors (Lipinski definition) is 3. The second-order valence-electron chi connectivity index (χ2n) is 7.85. The molecule has 0 aromatic carbocycles. The van der Waals surface area contributed by atoms with Crippen LogP contribution in [0.25, 0.3) is 0 Å². The van der Waals surface area contributed by atoms with Crippen LogP contribution >= 0.6 is 0 Å². The van der Waals surface area contributed by atoms with Crippen LogP contribution in [0.5, 0.6) is 0 Å². The molecule has 8 heteroatoms. The minimum absolute atomic E-state index is 0.0291. The van der Waals surface area contributed by atoms with Gasteiger partial charge in [0.1, 0.15) is 6.04 Å². The van der Waals surface area contributed by atoms with Crippen LogP contribution in [-0.2, 0) is 14.4 Å². The molecule has 0 bridgehead atoms. The molecule has 0 aromatic rings. The quantitative estimate of drug-likeness (QED) is 0.596. The fourth-order valence-electron chi connectivity index (χ4n) is 4.13. The summed E-state index contributed by atoms with van der Waals surface area (Å²) in [6.07, 6.45) is 5.06. The number of aliphatic carboxylic acids is 1. The highest BCUT2D eigenvalue weighted by atomic mass is 19.3. The van der Waals surface area contributed by atoms with E-state index in [4.69, 9.17) is 5.11 Å². The van der Waals surface area contributed by atoms with Crippen molar-refractivity contribution in [3.63, 3.8) is 0 Å². The van der Waals surface area contributed by atoms with E-state index in [2.05, 4.69) is 10.6 Å². The molecular weight excluding hydrogens is 358 g/mol. The summed E-state index contributed by atoms with van der Waals surface area (Å²) < 4.78 is 24.8. The first-order valence-corrected chi connectivity index (χ1v) is 9.95. The normalized spacial score (nSPS) is 25.0. The molecule has 6 nitrogen and oxygen atoms in total. The van der Waals surface area contributed by atoms with E-state index >= 15 is 0 Å². The molecule has 0 aromatic heterocycles. The average Bonchev–Trinajstić information content (AvgIpc) is 2.62. The van der Waals surface area contributed by atoms with Gasteiger partial charge in [0, 0.05) is 24.8 Å². The highest BCUT2D eigenvalue weighted by Crippen LogP contribution is 2.28. The molecule has 2 rings (SSSR count). The molecule has 2 saturated carbocycles. The molecule has 2 aliphatic carbocycles. The number of rotatable bonds is 8. The van der Waals surface area contributed by atoms with Crippen LogP contribution in [0.3, 0.4) is 0 Å². The maximum Gasteiger partial charge on any atom is 0.326 e. The molecule has 1 atom stereocenters. The van der Waals surface area contributed by atoms with Crippen LogP contribution in [0.15, 0.2) is 0 Å². The first-order chi connectivity index (χ1) is 12.8. The van der Waals surface area contributed by atoms with Gasteiger partial charge in [-0.2, -0.15) is 0 Å². The highest BCUT2D eigenvalue weighted by molar-refractivity contribution is 5.85. The standard InChI is InChI=1S/C19H30F2N2O4/c20-16(21)11-15(19(26)27)23-18(25)13-6-8-14(9-7-13)22-17(24)10-12-4-2-1-3-5-12/h12-16H,1-11H2,(H,22,24)(H,23,25)(H,26,27). The van der Waals surface area contributed by atoms with Gasteiger partial charge in [-0.1, -0.05) is 19.3 Å². The number of halogens is 2. The van der Waals surface area contributed by atoms with E-state index in [9.17, 15) is 23.2 Å². The molecule has 0 radical (unpaired) electrons. The average molecular weight is 388 g/mol. The molecule has 2 aliphatic rings. The van der Waals surface area contributed by atoms with Crippen molar-refractivity contribution < 1.29 is 28.3 Å². The van der Waals surface area contributed by atoms with Gasteiger partial charge in [-0.3, -0.25) is 9.59 Å². The van der Waals surface area contributed by atoms with Crippen molar-refractivity contribution in [2.45, 2.75) is 89.1 Å². The van der Waals surface area contributed by atoms with E-state index in [-0.39, 0.29) is 11.9 Å². The summed E-state index contributed by atoms with van der Waals surface area (Å²) in [4.78, 5) is 35.4. The predicted molar refractivity (Wildman–Crippen MR) is 95.3 cm³/mol. The molecule has 2 amide bonds.